The molecule has 0 spiro atoms. The van der Waals surface area contributed by atoms with E-state index in [2.05, 4.69) is 50.2 Å². The van der Waals surface area contributed by atoms with Crippen LogP contribution in [0.4, 0.5) is 0 Å². The molecule has 94 valence electrons. The maximum atomic E-state index is 5.15. The molecule has 0 aliphatic heterocycles. The molecule has 0 amide bonds. The highest BCUT2D eigenvalue weighted by Crippen LogP contribution is 2.29. The van der Waals surface area contributed by atoms with Gasteiger partial charge in [0.2, 0.25) is 0 Å². The van der Waals surface area contributed by atoms with Crippen LogP contribution in [0.1, 0.15) is 25.3 Å². The smallest absolute Gasteiger partial charge is 0.118 e. The fourth-order valence-corrected chi connectivity index (χ4v) is 2.52. The van der Waals surface area contributed by atoms with Gasteiger partial charge in [0.05, 0.1) is 7.11 Å². The predicted molar refractivity (Wildman–Crippen MR) is 77.6 cm³/mol. The van der Waals surface area contributed by atoms with Gasteiger partial charge in [-0.25, -0.2) is 0 Å². The average molecular weight is 258 g/mol. The Hall–Kier alpha value is -1.41. The summed E-state index contributed by atoms with van der Waals surface area (Å²) in [5, 5.41) is 0. The monoisotopic (exact) mass is 258 g/mol. The van der Waals surface area contributed by atoms with Crippen molar-refractivity contribution in [3.63, 3.8) is 0 Å². The molecule has 2 aromatic rings. The third-order valence-corrected chi connectivity index (χ3v) is 3.86. The van der Waals surface area contributed by atoms with Crippen molar-refractivity contribution in [3.8, 4) is 5.75 Å². The molecule has 18 heavy (non-hydrogen) atoms. The highest BCUT2D eigenvalue weighted by atomic mass is 32.2. The summed E-state index contributed by atoms with van der Waals surface area (Å²) in [6.45, 7) is 4.43. The Morgan fingerprint density at radius 3 is 1.78 bits per heavy atom. The standard InChI is InChI=1S/C16H18OS/c1-12(2)13-4-8-15(9-5-13)18-16-10-6-14(17-3)7-11-16/h4-12H,1-3H3. The molecular weight excluding hydrogens is 240 g/mol. The van der Waals surface area contributed by atoms with Gasteiger partial charge in [-0.05, 0) is 47.9 Å². The Morgan fingerprint density at radius 1 is 0.833 bits per heavy atom. The number of ether oxygens (including phenoxy) is 1. The maximum absolute atomic E-state index is 5.15. The second-order valence-electron chi connectivity index (χ2n) is 4.50. The minimum atomic E-state index is 0.588. The first kappa shape index (κ1) is 13.0. The zero-order chi connectivity index (χ0) is 13.0. The van der Waals surface area contributed by atoms with Crippen molar-refractivity contribution < 1.29 is 4.74 Å². The van der Waals surface area contributed by atoms with Crippen molar-refractivity contribution in [1.29, 1.82) is 0 Å². The molecule has 0 heterocycles. The van der Waals surface area contributed by atoms with Crippen molar-refractivity contribution in [1.82, 2.24) is 0 Å². The van der Waals surface area contributed by atoms with E-state index in [1.54, 1.807) is 18.9 Å². The van der Waals surface area contributed by atoms with Gasteiger partial charge in [0.25, 0.3) is 0 Å². The minimum Gasteiger partial charge on any atom is -0.497 e. The van der Waals surface area contributed by atoms with Crippen LogP contribution in [0.5, 0.6) is 5.75 Å². The third kappa shape index (κ3) is 3.30. The number of benzene rings is 2. The Labute approximate surface area is 113 Å². The van der Waals surface area contributed by atoms with Gasteiger partial charge in [0.1, 0.15) is 5.75 Å². The van der Waals surface area contributed by atoms with Crippen LogP contribution in [0.3, 0.4) is 0 Å². The van der Waals surface area contributed by atoms with E-state index in [4.69, 9.17) is 4.74 Å². The third-order valence-electron chi connectivity index (χ3n) is 2.84. The molecule has 0 bridgehead atoms. The van der Waals surface area contributed by atoms with Crippen LogP contribution >= 0.6 is 11.8 Å². The molecule has 0 saturated carbocycles. The number of methoxy groups -OCH3 is 1. The van der Waals surface area contributed by atoms with Crippen molar-refractivity contribution in [2.45, 2.75) is 29.6 Å². The summed E-state index contributed by atoms with van der Waals surface area (Å²) < 4.78 is 5.15. The van der Waals surface area contributed by atoms with Gasteiger partial charge in [-0.15, -0.1) is 0 Å². The lowest BCUT2D eigenvalue weighted by molar-refractivity contribution is 0.414. The highest BCUT2D eigenvalue weighted by molar-refractivity contribution is 7.99. The van der Waals surface area contributed by atoms with Crippen LogP contribution in [0, 0.1) is 0 Å². The molecule has 2 heteroatoms. The first-order valence-corrected chi connectivity index (χ1v) is 6.92. The van der Waals surface area contributed by atoms with E-state index in [1.165, 1.54) is 15.4 Å². The summed E-state index contributed by atoms with van der Waals surface area (Å²) in [5.74, 6) is 1.49. The lowest BCUT2D eigenvalue weighted by Crippen LogP contribution is -1.85. The van der Waals surface area contributed by atoms with Gasteiger partial charge in [0, 0.05) is 9.79 Å². The molecule has 0 fully saturated rings. The molecule has 2 rings (SSSR count). The van der Waals surface area contributed by atoms with Gasteiger partial charge in [-0.3, -0.25) is 0 Å². The van der Waals surface area contributed by atoms with Crippen molar-refractivity contribution in [3.05, 3.63) is 54.1 Å². The second kappa shape index (κ2) is 5.96. The van der Waals surface area contributed by atoms with E-state index in [-0.39, 0.29) is 0 Å². The largest absolute Gasteiger partial charge is 0.497 e. The van der Waals surface area contributed by atoms with E-state index in [0.29, 0.717) is 5.92 Å². The summed E-state index contributed by atoms with van der Waals surface area (Å²) in [4.78, 5) is 2.50. The zero-order valence-corrected chi connectivity index (χ0v) is 11.8. The molecule has 0 unspecified atom stereocenters. The molecule has 0 aliphatic rings. The Kier molecular flexibility index (Phi) is 4.32. The second-order valence-corrected chi connectivity index (χ2v) is 5.65. The van der Waals surface area contributed by atoms with E-state index in [1.807, 2.05) is 12.1 Å². The fourth-order valence-electron chi connectivity index (χ4n) is 1.70. The number of rotatable bonds is 4. The predicted octanol–water partition coefficient (Wildman–Crippen LogP) is 4.97. The first-order valence-electron chi connectivity index (χ1n) is 6.11. The van der Waals surface area contributed by atoms with Gasteiger partial charge in [-0.1, -0.05) is 37.7 Å². The van der Waals surface area contributed by atoms with Gasteiger partial charge in [0.15, 0.2) is 0 Å². The summed E-state index contributed by atoms with van der Waals surface area (Å²) in [7, 11) is 1.69. The number of hydrogen-bond donors (Lipinski definition) is 0. The van der Waals surface area contributed by atoms with Gasteiger partial charge in [-0.2, -0.15) is 0 Å². The molecular formula is C16H18OS. The SMILES string of the molecule is COc1ccc(Sc2ccc(C(C)C)cc2)cc1. The highest BCUT2D eigenvalue weighted by Gasteiger charge is 2.01. The van der Waals surface area contributed by atoms with E-state index in [9.17, 15) is 0 Å². The van der Waals surface area contributed by atoms with Crippen LogP contribution in [0.15, 0.2) is 58.3 Å². The van der Waals surface area contributed by atoms with Crippen LogP contribution in [0.2, 0.25) is 0 Å². The van der Waals surface area contributed by atoms with Crippen LogP contribution < -0.4 is 4.74 Å². The topological polar surface area (TPSA) is 9.23 Å². The van der Waals surface area contributed by atoms with Crippen molar-refractivity contribution in [2.75, 3.05) is 7.11 Å². The summed E-state index contributed by atoms with van der Waals surface area (Å²) >= 11 is 1.77. The Balaban J connectivity index is 2.08. The number of hydrogen-bond acceptors (Lipinski definition) is 2. The molecule has 2 aromatic carbocycles. The van der Waals surface area contributed by atoms with Crippen LogP contribution in [-0.2, 0) is 0 Å². The fraction of sp³-hybridized carbons (Fsp3) is 0.250. The maximum Gasteiger partial charge on any atom is 0.118 e. The summed E-state index contributed by atoms with van der Waals surface area (Å²) in [6, 6.07) is 16.9. The molecule has 0 radical (unpaired) electrons. The zero-order valence-electron chi connectivity index (χ0n) is 11.0. The van der Waals surface area contributed by atoms with Crippen molar-refractivity contribution >= 4 is 11.8 Å². The molecule has 0 N–H and O–H groups in total. The van der Waals surface area contributed by atoms with E-state index < -0.39 is 0 Å². The lowest BCUT2D eigenvalue weighted by atomic mass is 10.0. The molecule has 1 nitrogen and oxygen atoms in total. The quantitative estimate of drug-likeness (QED) is 0.765. The van der Waals surface area contributed by atoms with E-state index in [0.717, 1.165) is 5.75 Å². The molecule has 0 aliphatic carbocycles. The Morgan fingerprint density at radius 2 is 1.33 bits per heavy atom. The Bertz CT molecular complexity index is 486. The van der Waals surface area contributed by atoms with Gasteiger partial charge < -0.3 is 4.74 Å². The van der Waals surface area contributed by atoms with E-state index >= 15 is 0 Å². The van der Waals surface area contributed by atoms with Crippen molar-refractivity contribution in [2.24, 2.45) is 0 Å². The molecule has 0 atom stereocenters. The average Bonchev–Trinajstić information content (AvgIpc) is 2.40. The minimum absolute atomic E-state index is 0.588. The normalized spacial score (nSPS) is 10.7. The first-order chi connectivity index (χ1) is 8.69. The van der Waals surface area contributed by atoms with Gasteiger partial charge >= 0.3 is 0 Å². The lowest BCUT2D eigenvalue weighted by Gasteiger charge is -2.07. The van der Waals surface area contributed by atoms with Crippen LogP contribution in [-0.4, -0.2) is 7.11 Å². The van der Waals surface area contributed by atoms with Crippen LogP contribution in [0.25, 0.3) is 0 Å². The molecule has 0 aromatic heterocycles. The molecule has 0 saturated heterocycles. The summed E-state index contributed by atoms with van der Waals surface area (Å²) in [5.41, 5.74) is 1.38. The summed E-state index contributed by atoms with van der Waals surface area (Å²) in [6.07, 6.45) is 0.